The van der Waals surface area contributed by atoms with Gasteiger partial charge in [-0.15, -0.1) is 0 Å². The summed E-state index contributed by atoms with van der Waals surface area (Å²) >= 11 is 0. The highest BCUT2D eigenvalue weighted by molar-refractivity contribution is 5.97. The van der Waals surface area contributed by atoms with Crippen molar-refractivity contribution in [3.05, 3.63) is 65.3 Å². The van der Waals surface area contributed by atoms with E-state index in [0.717, 1.165) is 66.8 Å². The van der Waals surface area contributed by atoms with Crippen molar-refractivity contribution in [1.29, 1.82) is 5.41 Å². The molecule has 0 spiro atoms. The molecule has 6 atom stereocenters. The quantitative estimate of drug-likeness (QED) is 0.108. The SMILES string of the molecule is CC/C=C(/C=C(/C)C=N)C(C)=O.CCC.CCC(C)(O)CC.CCCC.CCCCC(C)C(C)[C@H]1C(C)C(C)C[C@H]1/C=C(\CC)c1ccccc1. The third kappa shape index (κ3) is 24.6. The Morgan fingerprint density at radius 2 is 1.45 bits per heavy atom. The number of Topliss-reactive ketones (excluding diaryl/α,β-unsaturated/α-hetero) is 1. The first-order valence-electron chi connectivity index (χ1n) is 20.9. The molecule has 3 heteroatoms. The van der Waals surface area contributed by atoms with E-state index in [0.29, 0.717) is 5.57 Å². The third-order valence-electron chi connectivity index (χ3n) is 10.6. The fourth-order valence-electron chi connectivity index (χ4n) is 6.18. The summed E-state index contributed by atoms with van der Waals surface area (Å²) in [4.78, 5) is 11.0. The zero-order valence-electron chi connectivity index (χ0n) is 36.8. The maximum atomic E-state index is 11.0. The van der Waals surface area contributed by atoms with Crippen molar-refractivity contribution in [2.45, 2.75) is 187 Å². The Morgan fingerprint density at radius 3 is 1.82 bits per heavy atom. The first-order valence-corrected chi connectivity index (χ1v) is 20.9. The Morgan fingerprint density at radius 1 is 0.922 bits per heavy atom. The summed E-state index contributed by atoms with van der Waals surface area (Å²) in [5.74, 6) is 5.00. The molecule has 2 N–H and O–H groups in total. The summed E-state index contributed by atoms with van der Waals surface area (Å²) in [6.07, 6.45) is 20.5. The van der Waals surface area contributed by atoms with E-state index in [9.17, 15) is 4.79 Å². The van der Waals surface area contributed by atoms with Gasteiger partial charge in [-0.05, 0) is 111 Å². The number of hydrogen-bond donors (Lipinski definition) is 2. The number of benzene rings is 1. The van der Waals surface area contributed by atoms with Crippen molar-refractivity contribution in [3.8, 4) is 0 Å². The van der Waals surface area contributed by atoms with Crippen molar-refractivity contribution in [2.24, 2.45) is 35.5 Å². The maximum Gasteiger partial charge on any atom is 0.159 e. The molecule has 296 valence electrons. The summed E-state index contributed by atoms with van der Waals surface area (Å²) in [6, 6.07) is 11.0. The molecule has 1 aliphatic carbocycles. The molecule has 0 bridgehead atoms. The Kier molecular flexibility index (Phi) is 33.7. The van der Waals surface area contributed by atoms with Crippen molar-refractivity contribution >= 4 is 17.6 Å². The lowest BCUT2D eigenvalue weighted by molar-refractivity contribution is -0.113. The predicted molar refractivity (Wildman–Crippen MR) is 232 cm³/mol. The van der Waals surface area contributed by atoms with E-state index >= 15 is 0 Å². The van der Waals surface area contributed by atoms with E-state index in [4.69, 9.17) is 10.5 Å². The number of aliphatic hydroxyl groups is 1. The van der Waals surface area contributed by atoms with E-state index in [1.54, 1.807) is 18.6 Å². The number of hydrogen-bond acceptors (Lipinski definition) is 3. The van der Waals surface area contributed by atoms with Gasteiger partial charge < -0.3 is 10.5 Å². The molecule has 0 heterocycles. The number of ketones is 1. The first kappa shape index (κ1) is 53.1. The Labute approximate surface area is 319 Å². The summed E-state index contributed by atoms with van der Waals surface area (Å²) in [7, 11) is 0. The topological polar surface area (TPSA) is 61.2 Å². The molecule has 1 saturated carbocycles. The van der Waals surface area contributed by atoms with Crippen molar-refractivity contribution in [3.63, 3.8) is 0 Å². The summed E-state index contributed by atoms with van der Waals surface area (Å²) in [5, 5.41) is 16.1. The molecule has 0 radical (unpaired) electrons. The van der Waals surface area contributed by atoms with Crippen LogP contribution in [-0.4, -0.2) is 22.7 Å². The first-order chi connectivity index (χ1) is 24.1. The third-order valence-corrected chi connectivity index (χ3v) is 10.6. The molecular formula is C48H87NO2. The smallest absolute Gasteiger partial charge is 0.159 e. The second kappa shape index (κ2) is 32.4. The number of carbonyl (C=O) groups excluding carboxylic acids is 1. The van der Waals surface area contributed by atoms with E-state index < -0.39 is 5.60 Å². The van der Waals surface area contributed by atoms with Gasteiger partial charge in [0.15, 0.2) is 5.78 Å². The van der Waals surface area contributed by atoms with Crippen LogP contribution in [0.25, 0.3) is 5.57 Å². The monoisotopic (exact) mass is 710 g/mol. The number of unbranched alkanes of at least 4 members (excludes halogenated alkanes) is 2. The Balaban J connectivity index is -0.000000731. The minimum absolute atomic E-state index is 0.0538. The standard InChI is InChI=1S/C25H40.C10H15NO.C6H14O.C4H10.C3H8/c1-7-9-13-18(3)20(5)25-21(6)19(4)16-24(25)17-22(8-2)23-14-11-10-12-15-23;1-4-5-10(9(3)12)6-8(2)7-11;1-4-6(3,7)5-2;1-3-4-2;1-3-2/h10-12,14-15,17-21,24-25H,7-9,13,16H2,1-6H3;5-7,11H,4H2,1-3H3;7H,4-5H2,1-3H3;3-4H2,1-2H3;3H2,1-2H3/b22-17+;8-6-,10-5-,11-7?;;;/t18?,19?,20?,21?,24-,25-;;;;/m0..../s1. The van der Waals surface area contributed by atoms with Gasteiger partial charge >= 0.3 is 0 Å². The minimum Gasteiger partial charge on any atom is -0.390 e. The predicted octanol–water partition coefficient (Wildman–Crippen LogP) is 15.1. The van der Waals surface area contributed by atoms with Crippen molar-refractivity contribution < 1.29 is 9.90 Å². The molecule has 1 aliphatic rings. The fraction of sp³-hybridized carbons (Fsp3) is 0.708. The van der Waals surface area contributed by atoms with E-state index in [-0.39, 0.29) is 5.78 Å². The number of carbonyl (C=O) groups is 1. The van der Waals surface area contributed by atoms with Gasteiger partial charge in [0.05, 0.1) is 5.60 Å². The molecule has 1 fully saturated rings. The average Bonchev–Trinajstić information content (AvgIpc) is 3.41. The van der Waals surface area contributed by atoms with Gasteiger partial charge in [-0.25, -0.2) is 0 Å². The number of nitrogens with one attached hydrogen (secondary N) is 1. The minimum atomic E-state index is -0.417. The van der Waals surface area contributed by atoms with Gasteiger partial charge in [0.25, 0.3) is 0 Å². The van der Waals surface area contributed by atoms with Crippen LogP contribution in [0, 0.1) is 40.9 Å². The molecule has 0 aromatic heterocycles. The second-order valence-corrected chi connectivity index (χ2v) is 15.3. The van der Waals surface area contributed by atoms with Gasteiger partial charge in [-0.1, -0.05) is 171 Å². The second-order valence-electron chi connectivity index (χ2n) is 15.3. The molecule has 4 unspecified atom stereocenters. The molecule has 1 aromatic carbocycles. The molecule has 0 saturated heterocycles. The molecule has 1 aromatic rings. The molecule has 0 aliphatic heterocycles. The summed E-state index contributed by atoms with van der Waals surface area (Å²) < 4.78 is 0. The largest absolute Gasteiger partial charge is 0.390 e. The molecule has 0 amide bonds. The molecular weight excluding hydrogens is 623 g/mol. The Bertz CT molecular complexity index is 1070. The average molecular weight is 710 g/mol. The number of rotatable bonds is 15. The summed E-state index contributed by atoms with van der Waals surface area (Å²) in [6.45, 7) is 34.4. The van der Waals surface area contributed by atoms with Gasteiger partial charge in [0, 0.05) is 11.8 Å². The number of allylic oxidation sites excluding steroid dienone is 6. The van der Waals surface area contributed by atoms with Gasteiger partial charge in [0.1, 0.15) is 0 Å². The van der Waals surface area contributed by atoms with Crippen LogP contribution in [0.5, 0.6) is 0 Å². The maximum absolute atomic E-state index is 11.0. The van der Waals surface area contributed by atoms with Crippen LogP contribution >= 0.6 is 0 Å². The van der Waals surface area contributed by atoms with Crippen LogP contribution in [-0.2, 0) is 4.79 Å². The fourth-order valence-corrected chi connectivity index (χ4v) is 6.18. The van der Waals surface area contributed by atoms with Crippen molar-refractivity contribution in [1.82, 2.24) is 0 Å². The highest BCUT2D eigenvalue weighted by atomic mass is 16.3. The lowest BCUT2D eigenvalue weighted by Gasteiger charge is -2.33. The van der Waals surface area contributed by atoms with E-state index in [1.165, 1.54) is 63.6 Å². The summed E-state index contributed by atoms with van der Waals surface area (Å²) in [5.41, 5.74) is 4.04. The van der Waals surface area contributed by atoms with Crippen LogP contribution in [0.3, 0.4) is 0 Å². The molecule has 2 rings (SSSR count). The highest BCUT2D eigenvalue weighted by Gasteiger charge is 2.41. The van der Waals surface area contributed by atoms with Crippen LogP contribution in [0.4, 0.5) is 0 Å². The van der Waals surface area contributed by atoms with Gasteiger partial charge in [-0.3, -0.25) is 4.79 Å². The van der Waals surface area contributed by atoms with Crippen LogP contribution in [0.2, 0.25) is 0 Å². The van der Waals surface area contributed by atoms with E-state index in [1.807, 2.05) is 33.8 Å². The zero-order valence-corrected chi connectivity index (χ0v) is 36.8. The van der Waals surface area contributed by atoms with Gasteiger partial charge in [-0.2, -0.15) is 0 Å². The van der Waals surface area contributed by atoms with Crippen LogP contribution < -0.4 is 0 Å². The van der Waals surface area contributed by atoms with E-state index in [2.05, 4.69) is 106 Å². The zero-order chi connectivity index (χ0) is 40.0. The van der Waals surface area contributed by atoms with Crippen LogP contribution in [0.1, 0.15) is 187 Å². The lowest BCUT2D eigenvalue weighted by atomic mass is 9.72. The lowest BCUT2D eigenvalue weighted by Crippen LogP contribution is -2.26. The van der Waals surface area contributed by atoms with Crippen LogP contribution in [0.15, 0.2) is 59.7 Å². The Hall–Kier alpha value is -2.26. The highest BCUT2D eigenvalue weighted by Crippen LogP contribution is 2.49. The molecule has 51 heavy (non-hydrogen) atoms. The normalized spacial score (nSPS) is 20.1. The molecule has 3 nitrogen and oxygen atoms in total. The van der Waals surface area contributed by atoms with Gasteiger partial charge in [0.2, 0.25) is 0 Å². The van der Waals surface area contributed by atoms with Crippen molar-refractivity contribution in [2.75, 3.05) is 0 Å².